The fraction of sp³-hybridized carbons (Fsp3) is 0.238. The minimum absolute atomic E-state index is 0.0348. The number of aromatic nitrogens is 3. The van der Waals surface area contributed by atoms with Crippen LogP contribution in [0.1, 0.15) is 10.4 Å². The zero-order valence-corrected chi connectivity index (χ0v) is 15.7. The van der Waals surface area contributed by atoms with Crippen molar-refractivity contribution in [2.75, 3.05) is 31.1 Å². The molecule has 1 saturated heterocycles. The predicted molar refractivity (Wildman–Crippen MR) is 107 cm³/mol. The van der Waals surface area contributed by atoms with E-state index in [9.17, 15) is 9.59 Å². The molecule has 0 radical (unpaired) electrons. The maximum Gasteiger partial charge on any atom is 0.255 e. The zero-order valence-electron chi connectivity index (χ0n) is 15.7. The van der Waals surface area contributed by atoms with Gasteiger partial charge in [0.25, 0.3) is 11.5 Å². The minimum atomic E-state index is -0.111. The molecule has 0 saturated carbocycles. The van der Waals surface area contributed by atoms with E-state index in [2.05, 4.69) is 9.88 Å². The SMILES string of the molecule is Cn1c(N2CCN(C(=O)c3ccccc3)CC2)nc(-c2ccncc2)cc1=O. The van der Waals surface area contributed by atoms with Gasteiger partial charge in [0.2, 0.25) is 5.95 Å². The summed E-state index contributed by atoms with van der Waals surface area (Å²) in [7, 11) is 1.72. The highest BCUT2D eigenvalue weighted by Crippen LogP contribution is 2.19. The Morgan fingerprint density at radius 1 is 0.964 bits per heavy atom. The second-order valence-corrected chi connectivity index (χ2v) is 6.72. The Balaban J connectivity index is 1.54. The Labute approximate surface area is 162 Å². The lowest BCUT2D eigenvalue weighted by molar-refractivity contribution is 0.0746. The molecule has 0 aliphatic carbocycles. The van der Waals surface area contributed by atoms with Gasteiger partial charge in [-0.15, -0.1) is 0 Å². The Morgan fingerprint density at radius 3 is 2.32 bits per heavy atom. The van der Waals surface area contributed by atoms with Crippen molar-refractivity contribution in [3.63, 3.8) is 0 Å². The van der Waals surface area contributed by atoms with E-state index in [1.165, 1.54) is 6.07 Å². The fourth-order valence-electron chi connectivity index (χ4n) is 3.35. The molecule has 1 aromatic carbocycles. The van der Waals surface area contributed by atoms with Gasteiger partial charge in [0, 0.05) is 62.8 Å². The number of anilines is 1. The molecule has 0 unspecified atom stereocenters. The molecule has 1 aliphatic rings. The lowest BCUT2D eigenvalue weighted by Gasteiger charge is -2.36. The maximum absolute atomic E-state index is 12.6. The van der Waals surface area contributed by atoms with Crippen LogP contribution in [0, 0.1) is 0 Å². The molecule has 3 aromatic rings. The standard InChI is InChI=1S/C21H21N5O2/c1-24-19(27)15-18(16-7-9-22-10-8-16)23-21(24)26-13-11-25(12-14-26)20(28)17-5-3-2-4-6-17/h2-10,15H,11-14H2,1H3. The van der Waals surface area contributed by atoms with E-state index in [4.69, 9.17) is 4.98 Å². The highest BCUT2D eigenvalue weighted by molar-refractivity contribution is 5.94. The van der Waals surface area contributed by atoms with Crippen LogP contribution in [0.5, 0.6) is 0 Å². The van der Waals surface area contributed by atoms with Gasteiger partial charge in [-0.05, 0) is 24.3 Å². The topological polar surface area (TPSA) is 71.3 Å². The quantitative estimate of drug-likeness (QED) is 0.698. The molecule has 3 heterocycles. The summed E-state index contributed by atoms with van der Waals surface area (Å²) < 4.78 is 1.55. The Hall–Kier alpha value is -3.48. The largest absolute Gasteiger partial charge is 0.339 e. The first kappa shape index (κ1) is 17.9. The number of rotatable bonds is 3. The highest BCUT2D eigenvalue weighted by Gasteiger charge is 2.24. The lowest BCUT2D eigenvalue weighted by Crippen LogP contribution is -2.50. The summed E-state index contributed by atoms with van der Waals surface area (Å²) in [6, 6.07) is 14.5. The van der Waals surface area contributed by atoms with E-state index >= 15 is 0 Å². The van der Waals surface area contributed by atoms with Crippen LogP contribution in [0.25, 0.3) is 11.3 Å². The Bertz CT molecular complexity index is 1030. The van der Waals surface area contributed by atoms with Gasteiger partial charge in [-0.25, -0.2) is 4.98 Å². The molecule has 0 bridgehead atoms. The maximum atomic E-state index is 12.6. The van der Waals surface area contributed by atoms with E-state index in [0.717, 1.165) is 5.56 Å². The van der Waals surface area contributed by atoms with Crippen molar-refractivity contribution in [2.24, 2.45) is 7.05 Å². The van der Waals surface area contributed by atoms with Crippen molar-refractivity contribution >= 4 is 11.9 Å². The molecule has 28 heavy (non-hydrogen) atoms. The number of carbonyl (C=O) groups excluding carboxylic acids is 1. The summed E-state index contributed by atoms with van der Waals surface area (Å²) in [6.07, 6.45) is 3.37. The van der Waals surface area contributed by atoms with Crippen molar-refractivity contribution in [1.82, 2.24) is 19.4 Å². The average Bonchev–Trinajstić information content (AvgIpc) is 2.76. The van der Waals surface area contributed by atoms with Crippen LogP contribution in [0.2, 0.25) is 0 Å². The van der Waals surface area contributed by atoms with E-state index in [0.29, 0.717) is 43.4 Å². The van der Waals surface area contributed by atoms with Crippen LogP contribution in [0.4, 0.5) is 5.95 Å². The molecule has 7 nitrogen and oxygen atoms in total. The van der Waals surface area contributed by atoms with Gasteiger partial charge in [-0.1, -0.05) is 18.2 Å². The summed E-state index contributed by atoms with van der Waals surface area (Å²) in [4.78, 5) is 37.7. The second kappa shape index (κ2) is 7.64. The molecule has 142 valence electrons. The number of benzene rings is 1. The zero-order chi connectivity index (χ0) is 19.5. The summed E-state index contributed by atoms with van der Waals surface area (Å²) in [5.74, 6) is 0.652. The van der Waals surface area contributed by atoms with Crippen LogP contribution in [-0.4, -0.2) is 51.5 Å². The van der Waals surface area contributed by atoms with Gasteiger partial charge in [-0.3, -0.25) is 19.1 Å². The first-order chi connectivity index (χ1) is 13.6. The van der Waals surface area contributed by atoms with Gasteiger partial charge in [0.05, 0.1) is 5.69 Å². The summed E-state index contributed by atoms with van der Waals surface area (Å²) in [6.45, 7) is 2.42. The van der Waals surface area contributed by atoms with Gasteiger partial charge in [0.15, 0.2) is 0 Å². The first-order valence-corrected chi connectivity index (χ1v) is 9.21. The van der Waals surface area contributed by atoms with Crippen molar-refractivity contribution in [1.29, 1.82) is 0 Å². The normalized spacial score (nSPS) is 14.2. The number of pyridine rings is 1. The van der Waals surface area contributed by atoms with Crippen LogP contribution < -0.4 is 10.5 Å². The molecular weight excluding hydrogens is 354 g/mol. The van der Waals surface area contributed by atoms with E-state index < -0.39 is 0 Å². The van der Waals surface area contributed by atoms with Gasteiger partial charge >= 0.3 is 0 Å². The molecule has 2 aromatic heterocycles. The van der Waals surface area contributed by atoms with E-state index in [1.54, 1.807) is 24.0 Å². The number of carbonyl (C=O) groups is 1. The molecule has 4 rings (SSSR count). The minimum Gasteiger partial charge on any atom is -0.339 e. The molecule has 1 fully saturated rings. The summed E-state index contributed by atoms with van der Waals surface area (Å²) in [5.41, 5.74) is 2.07. The number of nitrogens with zero attached hydrogens (tertiary/aromatic N) is 5. The van der Waals surface area contributed by atoms with Crippen molar-refractivity contribution in [3.8, 4) is 11.3 Å². The van der Waals surface area contributed by atoms with Crippen LogP contribution in [0.3, 0.4) is 0 Å². The lowest BCUT2D eigenvalue weighted by atomic mass is 10.2. The van der Waals surface area contributed by atoms with Crippen molar-refractivity contribution in [3.05, 3.63) is 76.8 Å². The number of hydrogen-bond acceptors (Lipinski definition) is 5. The monoisotopic (exact) mass is 375 g/mol. The molecular formula is C21H21N5O2. The smallest absolute Gasteiger partial charge is 0.255 e. The second-order valence-electron chi connectivity index (χ2n) is 6.72. The Morgan fingerprint density at radius 2 is 1.64 bits per heavy atom. The van der Waals surface area contributed by atoms with Crippen LogP contribution in [0.15, 0.2) is 65.7 Å². The highest BCUT2D eigenvalue weighted by atomic mass is 16.2. The first-order valence-electron chi connectivity index (χ1n) is 9.21. The molecule has 1 amide bonds. The van der Waals surface area contributed by atoms with Crippen molar-refractivity contribution in [2.45, 2.75) is 0 Å². The van der Waals surface area contributed by atoms with Crippen LogP contribution in [-0.2, 0) is 7.05 Å². The number of amides is 1. The predicted octanol–water partition coefficient (Wildman–Crippen LogP) is 1.80. The molecule has 0 atom stereocenters. The molecule has 0 N–H and O–H groups in total. The van der Waals surface area contributed by atoms with Crippen LogP contribution >= 0.6 is 0 Å². The average molecular weight is 375 g/mol. The Kier molecular flexibility index (Phi) is 4.89. The fourth-order valence-corrected chi connectivity index (χ4v) is 3.35. The molecule has 0 spiro atoms. The number of hydrogen-bond donors (Lipinski definition) is 0. The summed E-state index contributed by atoms with van der Waals surface area (Å²) in [5, 5.41) is 0. The van der Waals surface area contributed by atoms with Gasteiger partial charge < -0.3 is 9.80 Å². The third kappa shape index (κ3) is 3.51. The van der Waals surface area contributed by atoms with Gasteiger partial charge in [0.1, 0.15) is 0 Å². The molecule has 7 heteroatoms. The van der Waals surface area contributed by atoms with E-state index in [1.807, 2.05) is 47.4 Å². The summed E-state index contributed by atoms with van der Waals surface area (Å²) >= 11 is 0. The number of piperazine rings is 1. The third-order valence-electron chi connectivity index (χ3n) is 4.96. The van der Waals surface area contributed by atoms with E-state index in [-0.39, 0.29) is 11.5 Å². The molecule has 1 aliphatic heterocycles. The third-order valence-corrected chi connectivity index (χ3v) is 4.96. The van der Waals surface area contributed by atoms with Crippen molar-refractivity contribution < 1.29 is 4.79 Å². The van der Waals surface area contributed by atoms with Gasteiger partial charge in [-0.2, -0.15) is 0 Å².